The molecule has 2 aromatic rings. The lowest BCUT2D eigenvalue weighted by Crippen LogP contribution is -2.72. The molecule has 0 spiro atoms. The second-order valence-corrected chi connectivity index (χ2v) is 9.69. The fourth-order valence-corrected chi connectivity index (χ4v) is 5.93. The van der Waals surface area contributed by atoms with Gasteiger partial charge in [0.25, 0.3) is 0 Å². The van der Waals surface area contributed by atoms with Crippen LogP contribution in [0, 0.1) is 23.7 Å². The number of phenolic OH excluding ortho intramolecular Hbond substituents is 1. The van der Waals surface area contributed by atoms with Gasteiger partial charge in [-0.15, -0.1) is 0 Å². The van der Waals surface area contributed by atoms with E-state index in [0.29, 0.717) is 5.56 Å². The molecule has 5 rings (SSSR count). The smallest absolute Gasteiger partial charge is 0.335 e. The highest BCUT2D eigenvalue weighted by molar-refractivity contribution is 6.32. The predicted molar refractivity (Wildman–Crippen MR) is 127 cm³/mol. The number of ketones is 4. The van der Waals surface area contributed by atoms with Crippen molar-refractivity contribution >= 4 is 46.7 Å². The minimum absolute atomic E-state index is 0.00284. The third-order valence-corrected chi connectivity index (χ3v) is 7.72. The number of fused-ring (bicyclic) bond motifs is 3. The second kappa shape index (κ2) is 8.54. The summed E-state index contributed by atoms with van der Waals surface area (Å²) in [7, 11) is 0. The number of amides is 1. The molecule has 0 aliphatic heterocycles. The van der Waals surface area contributed by atoms with Gasteiger partial charge in [0.1, 0.15) is 5.75 Å². The zero-order valence-corrected chi connectivity index (χ0v) is 19.5. The highest BCUT2D eigenvalue weighted by Gasteiger charge is 2.69. The number of aliphatic hydroxyl groups excluding tert-OH is 1. The number of aliphatic hydroxyl groups is 2. The maximum absolute atomic E-state index is 13.8. The van der Waals surface area contributed by atoms with Gasteiger partial charge in [0.05, 0.1) is 23.1 Å². The molecule has 11 heteroatoms. The molecule has 0 saturated heterocycles. The standard InChI is InChI=1S/C27H21NO10/c28-25(35)19-16(30)9-14-21(31)18-13(8-10-4-6-11(7-5-10)26(36)37)12-2-1-3-15(29)17(12)22(32)20(18)24(34)27(14,38)23(19)33/h1-8,14,18-21,29,31,38H,9H2,(H2,28,35)(H,36,37)/t14-,18-,19?,20?,21-,27-/m1/s1. The van der Waals surface area contributed by atoms with Gasteiger partial charge in [-0.1, -0.05) is 30.3 Å². The van der Waals surface area contributed by atoms with Crippen molar-refractivity contribution < 1.29 is 49.2 Å². The fraction of sp³-hybridized carbons (Fsp3) is 0.259. The lowest BCUT2D eigenvalue weighted by Gasteiger charge is -2.51. The molecule has 6 N–H and O–H groups in total. The van der Waals surface area contributed by atoms with E-state index in [4.69, 9.17) is 5.73 Å². The third-order valence-electron chi connectivity index (χ3n) is 7.72. The molecule has 2 saturated carbocycles. The molecule has 3 aliphatic rings. The van der Waals surface area contributed by atoms with E-state index in [9.17, 15) is 49.2 Å². The molecule has 0 aromatic heterocycles. The molecule has 2 aromatic carbocycles. The largest absolute Gasteiger partial charge is 0.507 e. The molecule has 11 nitrogen and oxygen atoms in total. The summed E-state index contributed by atoms with van der Waals surface area (Å²) < 4.78 is 0. The van der Waals surface area contributed by atoms with Gasteiger partial charge in [0.2, 0.25) is 5.91 Å². The summed E-state index contributed by atoms with van der Waals surface area (Å²) in [4.78, 5) is 76.1. The Morgan fingerprint density at radius 1 is 1.00 bits per heavy atom. The summed E-state index contributed by atoms with van der Waals surface area (Å²) in [6, 6.07) is 9.72. The van der Waals surface area contributed by atoms with Crippen molar-refractivity contribution in [1.29, 1.82) is 0 Å². The number of aromatic carboxylic acids is 1. The zero-order valence-electron chi connectivity index (χ0n) is 19.5. The molecule has 38 heavy (non-hydrogen) atoms. The summed E-state index contributed by atoms with van der Waals surface area (Å²) in [6.45, 7) is 0. The van der Waals surface area contributed by atoms with Crippen molar-refractivity contribution in [1.82, 2.24) is 0 Å². The topological polar surface area (TPSA) is 209 Å². The van der Waals surface area contributed by atoms with E-state index in [1.807, 2.05) is 0 Å². The first-order valence-corrected chi connectivity index (χ1v) is 11.6. The van der Waals surface area contributed by atoms with Gasteiger partial charge in [0, 0.05) is 18.3 Å². The van der Waals surface area contributed by atoms with Crippen molar-refractivity contribution in [2.75, 3.05) is 0 Å². The first kappa shape index (κ1) is 25.2. The lowest BCUT2D eigenvalue weighted by molar-refractivity contribution is -0.185. The zero-order chi connectivity index (χ0) is 27.7. The van der Waals surface area contributed by atoms with Crippen LogP contribution < -0.4 is 5.73 Å². The number of hydrogen-bond acceptors (Lipinski definition) is 9. The van der Waals surface area contributed by atoms with E-state index < -0.39 is 82.6 Å². The second-order valence-electron chi connectivity index (χ2n) is 9.69. The number of aromatic hydroxyl groups is 1. The molecule has 0 radical (unpaired) electrons. The fourth-order valence-electron chi connectivity index (χ4n) is 5.93. The Kier molecular flexibility index (Phi) is 5.66. The SMILES string of the molecule is NC(=O)C1C(=O)C[C@@H]2[C@@H](O)[C@@H]3C(=Cc4ccc(C(=O)O)cc4)c4cccc(O)c4C(=O)C3C(=O)[C@]2(O)C1=O. The minimum Gasteiger partial charge on any atom is -0.507 e. The van der Waals surface area contributed by atoms with Crippen LogP contribution in [0.2, 0.25) is 0 Å². The molecular formula is C27H21NO10. The van der Waals surface area contributed by atoms with E-state index in [0.717, 1.165) is 0 Å². The van der Waals surface area contributed by atoms with Gasteiger partial charge < -0.3 is 26.2 Å². The van der Waals surface area contributed by atoms with Crippen molar-refractivity contribution in [2.24, 2.45) is 29.4 Å². The number of carbonyl (C=O) groups excluding carboxylic acids is 5. The third kappa shape index (κ3) is 3.36. The van der Waals surface area contributed by atoms with Crippen molar-refractivity contribution in [3.8, 4) is 5.75 Å². The summed E-state index contributed by atoms with van der Waals surface area (Å²) in [5.41, 5.74) is 2.69. The molecule has 2 fully saturated rings. The number of rotatable bonds is 3. The Morgan fingerprint density at radius 2 is 1.66 bits per heavy atom. The van der Waals surface area contributed by atoms with E-state index >= 15 is 0 Å². The Labute approximate surface area is 214 Å². The van der Waals surface area contributed by atoms with Gasteiger partial charge >= 0.3 is 5.97 Å². The first-order chi connectivity index (χ1) is 17.9. The van der Waals surface area contributed by atoms with Crippen molar-refractivity contribution in [3.63, 3.8) is 0 Å². The van der Waals surface area contributed by atoms with Gasteiger partial charge in [0.15, 0.2) is 34.7 Å². The Bertz CT molecular complexity index is 1490. The number of benzene rings is 2. The van der Waals surface area contributed by atoms with Crippen LogP contribution in [0.25, 0.3) is 11.6 Å². The number of carboxylic acids is 1. The van der Waals surface area contributed by atoms with Crippen LogP contribution >= 0.6 is 0 Å². The Hall–Kier alpha value is -4.48. The van der Waals surface area contributed by atoms with Gasteiger partial charge in [-0.3, -0.25) is 24.0 Å². The Morgan fingerprint density at radius 3 is 2.26 bits per heavy atom. The minimum atomic E-state index is -3.03. The molecule has 3 aliphatic carbocycles. The van der Waals surface area contributed by atoms with Crippen LogP contribution in [0.15, 0.2) is 42.5 Å². The maximum atomic E-state index is 13.8. The molecule has 0 heterocycles. The summed E-state index contributed by atoms with van der Waals surface area (Å²) in [5, 5.41) is 42.5. The first-order valence-electron chi connectivity index (χ1n) is 11.6. The number of primary amides is 1. The molecule has 1 amide bonds. The quantitative estimate of drug-likeness (QED) is 0.343. The lowest BCUT2D eigenvalue weighted by atomic mass is 9.51. The van der Waals surface area contributed by atoms with Crippen molar-refractivity contribution in [3.05, 3.63) is 64.7 Å². The van der Waals surface area contributed by atoms with Gasteiger partial charge in [-0.2, -0.15) is 0 Å². The normalized spacial score (nSPS) is 31.4. The van der Waals surface area contributed by atoms with E-state index in [-0.39, 0.29) is 22.3 Å². The van der Waals surface area contributed by atoms with Crippen LogP contribution in [0.5, 0.6) is 5.75 Å². The van der Waals surface area contributed by atoms with Gasteiger partial charge in [-0.05, 0) is 34.9 Å². The maximum Gasteiger partial charge on any atom is 0.335 e. The van der Waals surface area contributed by atoms with Crippen LogP contribution in [-0.4, -0.2) is 67.1 Å². The molecule has 6 atom stereocenters. The predicted octanol–water partition coefficient (Wildman–Crippen LogP) is -0.00600. The number of hydrogen-bond donors (Lipinski definition) is 5. The summed E-state index contributed by atoms with van der Waals surface area (Å²) >= 11 is 0. The van der Waals surface area contributed by atoms with E-state index in [1.54, 1.807) is 0 Å². The van der Waals surface area contributed by atoms with E-state index in [2.05, 4.69) is 0 Å². The molecular weight excluding hydrogens is 498 g/mol. The number of Topliss-reactive ketones (excluding diaryl/α,β-unsaturated/α-hetero) is 4. The van der Waals surface area contributed by atoms with Crippen LogP contribution in [-0.2, 0) is 19.2 Å². The average Bonchev–Trinajstić information content (AvgIpc) is 2.86. The highest BCUT2D eigenvalue weighted by atomic mass is 16.4. The molecule has 2 unspecified atom stereocenters. The summed E-state index contributed by atoms with van der Waals surface area (Å²) in [6.07, 6.45) is -0.991. The van der Waals surface area contributed by atoms with Crippen LogP contribution in [0.1, 0.15) is 38.3 Å². The molecule has 194 valence electrons. The monoisotopic (exact) mass is 519 g/mol. The highest BCUT2D eigenvalue weighted by Crippen LogP contribution is 2.54. The molecule has 0 bridgehead atoms. The van der Waals surface area contributed by atoms with Gasteiger partial charge in [-0.25, -0.2) is 4.79 Å². The Balaban J connectivity index is 1.72. The average molecular weight is 519 g/mol. The number of phenols is 1. The van der Waals surface area contributed by atoms with Crippen molar-refractivity contribution in [2.45, 2.75) is 18.1 Å². The number of carbonyl (C=O) groups is 6. The van der Waals surface area contributed by atoms with E-state index in [1.165, 1.54) is 48.5 Å². The van der Waals surface area contributed by atoms with Crippen LogP contribution in [0.4, 0.5) is 0 Å². The van der Waals surface area contributed by atoms with Crippen LogP contribution in [0.3, 0.4) is 0 Å². The summed E-state index contributed by atoms with van der Waals surface area (Å²) in [5.74, 6) is -14.6. The number of carboxylic acid groups (broad SMARTS) is 1. The number of nitrogens with two attached hydrogens (primary N) is 1.